The van der Waals surface area contributed by atoms with E-state index in [9.17, 15) is 0 Å². The first-order valence-corrected chi connectivity index (χ1v) is 36.7. The van der Waals surface area contributed by atoms with Crippen molar-refractivity contribution >= 4 is 74.8 Å². The molecule has 0 aliphatic carbocycles. The summed E-state index contributed by atoms with van der Waals surface area (Å²) in [5.74, 6) is 0. The lowest BCUT2D eigenvalue weighted by Gasteiger charge is -2.49. The highest BCUT2D eigenvalue weighted by molar-refractivity contribution is 6.96. The van der Waals surface area contributed by atoms with E-state index in [2.05, 4.69) is 109 Å². The molecule has 0 radical (unpaired) electrons. The van der Waals surface area contributed by atoms with E-state index in [0.29, 0.717) is 38.0 Å². The van der Waals surface area contributed by atoms with Crippen molar-refractivity contribution in [2.24, 2.45) is 0 Å². The summed E-state index contributed by atoms with van der Waals surface area (Å²) < 4.78 is 49.3. The Morgan fingerprint density at radius 1 is 0.424 bits per heavy atom. The normalized spacial score (nSPS) is 23.9. The molecule has 4 rings (SSSR count). The monoisotopic (exact) mass is 914 g/mol. The second-order valence-corrected chi connectivity index (χ2v) is 39.4. The molecule has 59 heavy (non-hydrogen) atoms. The number of hydrogen-bond donors (Lipinski definition) is 0. The number of hydrogen-bond acceptors (Lipinski definition) is 7. The summed E-state index contributed by atoms with van der Waals surface area (Å²) in [6.45, 7) is 39.2. The van der Waals surface area contributed by atoms with Gasteiger partial charge < -0.3 is 29.7 Å². The van der Waals surface area contributed by atoms with Gasteiger partial charge in [-0.05, 0) is 79.1 Å². The average Bonchev–Trinajstić information content (AvgIpc) is 3.25. The van der Waals surface area contributed by atoms with Crippen LogP contribution in [0.5, 0.6) is 0 Å². The highest BCUT2D eigenvalue weighted by Crippen LogP contribution is 2.37. The molecule has 0 bridgehead atoms. The molecular formula is C45H66O7Si7. The molecule has 1 saturated heterocycles. The minimum Gasteiger partial charge on any atom is -0.416 e. The van der Waals surface area contributed by atoms with E-state index in [1.807, 2.05) is 94.5 Å². The average molecular weight is 916 g/mol. The molecule has 1 heterocycles. The van der Waals surface area contributed by atoms with Crippen LogP contribution in [-0.4, -0.2) is 79.0 Å². The van der Waals surface area contributed by atoms with Gasteiger partial charge >= 0.3 is 34.2 Å². The van der Waals surface area contributed by atoms with Gasteiger partial charge in [0.1, 0.15) is 0 Å². The third-order valence-corrected chi connectivity index (χ3v) is 38.4. The molecule has 3 aromatic rings. The van der Waals surface area contributed by atoms with E-state index in [1.54, 1.807) is 0 Å². The van der Waals surface area contributed by atoms with E-state index in [0.717, 1.165) is 34.8 Å². The summed E-state index contributed by atoms with van der Waals surface area (Å²) in [6, 6.07) is 32.8. The third-order valence-electron chi connectivity index (χ3n) is 10.9. The molecule has 0 N–H and O–H groups in total. The van der Waals surface area contributed by atoms with Crippen molar-refractivity contribution in [3.05, 3.63) is 177 Å². The van der Waals surface area contributed by atoms with Crippen LogP contribution in [0, 0.1) is 0 Å². The van der Waals surface area contributed by atoms with Crippen LogP contribution in [0.15, 0.2) is 177 Å². The molecule has 14 heteroatoms. The molecule has 316 valence electrons. The lowest BCUT2D eigenvalue weighted by Crippen LogP contribution is -2.67. The predicted octanol–water partition coefficient (Wildman–Crippen LogP) is 9.21. The van der Waals surface area contributed by atoms with Crippen LogP contribution in [0.25, 0.3) is 0 Å². The second kappa shape index (κ2) is 21.7. The van der Waals surface area contributed by atoms with Crippen molar-refractivity contribution in [3.8, 4) is 0 Å². The van der Waals surface area contributed by atoms with E-state index in [4.69, 9.17) is 29.7 Å². The molecule has 2 unspecified atom stereocenters. The molecule has 0 spiro atoms. The molecule has 2 atom stereocenters. The molecule has 3 aromatic carbocycles. The van der Waals surface area contributed by atoms with Gasteiger partial charge in [0.2, 0.25) is 0 Å². The minimum absolute atomic E-state index is 0.512. The first-order valence-electron chi connectivity index (χ1n) is 20.5. The van der Waals surface area contributed by atoms with Crippen LogP contribution in [-0.2, 0) is 29.7 Å². The maximum absolute atomic E-state index is 7.41. The molecule has 0 amide bonds. The highest BCUT2D eigenvalue weighted by Gasteiger charge is 2.56. The smallest absolute Gasteiger partial charge is 0.343 e. The van der Waals surface area contributed by atoms with Gasteiger partial charge in [-0.1, -0.05) is 131 Å². The molecule has 7 nitrogen and oxygen atoms in total. The minimum atomic E-state index is -2.97. The van der Waals surface area contributed by atoms with Gasteiger partial charge in [0.15, 0.2) is 0 Å². The van der Waals surface area contributed by atoms with E-state index in [-0.39, 0.29) is 0 Å². The number of benzene rings is 3. The Balaban J connectivity index is 1.56. The molecule has 0 aromatic heterocycles. The van der Waals surface area contributed by atoms with Gasteiger partial charge in [0.05, 0.1) is 0 Å². The van der Waals surface area contributed by atoms with Crippen molar-refractivity contribution in [2.45, 2.75) is 63.6 Å². The van der Waals surface area contributed by atoms with Crippen LogP contribution >= 0.6 is 0 Å². The first kappa shape index (κ1) is 48.7. The van der Waals surface area contributed by atoms with Crippen molar-refractivity contribution in [1.82, 2.24) is 0 Å². The van der Waals surface area contributed by atoms with Crippen LogP contribution < -0.4 is 15.6 Å². The number of rotatable bonds is 25. The maximum atomic E-state index is 7.41. The molecule has 1 aliphatic rings. The summed E-state index contributed by atoms with van der Waals surface area (Å²) in [6.07, 6.45) is 2.20. The Morgan fingerprint density at radius 2 is 0.678 bits per heavy atom. The van der Waals surface area contributed by atoms with Crippen LogP contribution in [0.2, 0.25) is 44.3 Å². The lowest BCUT2D eigenvalue weighted by atomic mass is 10.4. The van der Waals surface area contributed by atoms with Crippen LogP contribution in [0.3, 0.4) is 0 Å². The zero-order valence-corrected chi connectivity index (χ0v) is 42.9. The Labute approximate surface area is 362 Å². The van der Waals surface area contributed by atoms with Crippen molar-refractivity contribution < 1.29 is 29.7 Å². The van der Waals surface area contributed by atoms with E-state index in [1.165, 1.54) is 0 Å². The summed E-state index contributed by atoms with van der Waals surface area (Å²) in [5, 5.41) is 3.35. The van der Waals surface area contributed by atoms with Crippen molar-refractivity contribution in [3.63, 3.8) is 0 Å². The van der Waals surface area contributed by atoms with Gasteiger partial charge in [0.25, 0.3) is 25.0 Å². The Kier molecular flexibility index (Phi) is 18.0. The van der Waals surface area contributed by atoms with Gasteiger partial charge in [-0.25, -0.2) is 0 Å². The van der Waals surface area contributed by atoms with Gasteiger partial charge in [-0.3, -0.25) is 0 Å². The van der Waals surface area contributed by atoms with E-state index >= 15 is 0 Å². The standard InChI is InChI=1S/C45H66O7Si7/c1-12-53(8)49-54(9,40-28-37-46-57(13-2,14-3)43-31-22-19-23-32-43)51-56(11,42-30-39-48-59(17-6,18-7)45-35-26-21-27-36-45)52-55(10,50-53)41-29-38-47-58(15-4,16-5)44-33-24-20-25-34-44/h12-27,31-36H,1-7,28-30,37-42H2,8-11H3. The first-order chi connectivity index (χ1) is 28.2. The van der Waals surface area contributed by atoms with Crippen LogP contribution in [0.4, 0.5) is 0 Å². The molecule has 1 aliphatic heterocycles. The Hall–Kier alpha value is -2.92. The predicted molar refractivity (Wildman–Crippen MR) is 264 cm³/mol. The summed E-state index contributed by atoms with van der Waals surface area (Å²) in [7, 11) is -19.6. The Morgan fingerprint density at radius 3 is 0.915 bits per heavy atom. The van der Waals surface area contributed by atoms with Crippen molar-refractivity contribution in [1.29, 1.82) is 0 Å². The zero-order chi connectivity index (χ0) is 43.1. The zero-order valence-electron chi connectivity index (χ0n) is 35.9. The van der Waals surface area contributed by atoms with Crippen LogP contribution in [0.1, 0.15) is 19.3 Å². The molecule has 0 saturated carbocycles. The van der Waals surface area contributed by atoms with Crippen molar-refractivity contribution in [2.75, 3.05) is 19.8 Å². The summed E-state index contributed by atoms with van der Waals surface area (Å²) in [4.78, 5) is 0. The van der Waals surface area contributed by atoms with Gasteiger partial charge in [-0.2, -0.15) is 0 Å². The topological polar surface area (TPSA) is 64.6 Å². The quantitative estimate of drug-likeness (QED) is 0.0621. The summed E-state index contributed by atoms with van der Waals surface area (Å²) >= 11 is 0. The highest BCUT2D eigenvalue weighted by atomic mass is 28.5. The Bertz CT molecular complexity index is 1750. The third kappa shape index (κ3) is 12.6. The van der Waals surface area contributed by atoms with Gasteiger partial charge in [0, 0.05) is 19.8 Å². The largest absolute Gasteiger partial charge is 0.416 e. The molecular weight excluding hydrogens is 849 g/mol. The molecule has 1 fully saturated rings. The second-order valence-electron chi connectivity index (χ2n) is 15.6. The van der Waals surface area contributed by atoms with Gasteiger partial charge in [-0.15, -0.1) is 46.1 Å². The lowest BCUT2D eigenvalue weighted by molar-refractivity contribution is 0.219. The fourth-order valence-electron chi connectivity index (χ4n) is 7.80. The maximum Gasteiger partial charge on any atom is 0.343 e. The fourth-order valence-corrected chi connectivity index (χ4v) is 36.3. The SMILES string of the molecule is C=C[Si]1(C)O[Si](C)(CCCO[Si](C=C)(C=C)c2ccccc2)O[Si](C)(CCCO[Si](C=C)(C=C)c2ccccc2)O[Si](C)(CCCO[Si](C=C)(C=C)c2ccccc2)O1. The summed E-state index contributed by atoms with van der Waals surface area (Å²) in [5.41, 5.74) is 13.5. The van der Waals surface area contributed by atoms with E-state index < -0.39 is 59.2 Å². The fraction of sp³-hybridized carbons (Fsp3) is 0.289.